The Hall–Kier alpha value is -0.980. The van der Waals surface area contributed by atoms with Crippen molar-refractivity contribution in [3.05, 3.63) is 0 Å². The van der Waals surface area contributed by atoms with Gasteiger partial charge in [-0.3, -0.25) is 4.79 Å². The van der Waals surface area contributed by atoms with Gasteiger partial charge in [-0.15, -0.1) is 0 Å². The van der Waals surface area contributed by atoms with E-state index in [2.05, 4.69) is 0 Å². The van der Waals surface area contributed by atoms with Gasteiger partial charge in [0.05, 0.1) is 12.7 Å². The van der Waals surface area contributed by atoms with Crippen molar-refractivity contribution < 1.29 is 30.0 Å². The molecule has 0 bridgehead atoms. The zero-order chi connectivity index (χ0) is 9.72. The molecule has 0 aliphatic carbocycles. The molecule has 0 saturated carbocycles. The highest BCUT2D eigenvalue weighted by Crippen LogP contribution is 1.98. The Labute approximate surface area is 68.1 Å². The van der Waals surface area contributed by atoms with Crippen LogP contribution in [0, 0.1) is 0 Å². The number of Topliss-reactive ketones (excluding diaryl/α,β-unsaturated/α-hetero) is 1. The van der Waals surface area contributed by atoms with Crippen LogP contribution in [0.4, 0.5) is 0 Å². The van der Waals surface area contributed by atoms with E-state index in [0.717, 1.165) is 0 Å². The lowest BCUT2D eigenvalue weighted by atomic mass is 10.1. The maximum atomic E-state index is 10.5. The van der Waals surface area contributed by atoms with Crippen molar-refractivity contribution in [3.8, 4) is 0 Å². The van der Waals surface area contributed by atoms with Gasteiger partial charge >= 0.3 is 5.97 Å². The second kappa shape index (κ2) is 4.81. The molecular formula is C6H10O6. The normalized spacial score (nSPS) is 15.2. The Morgan fingerprint density at radius 2 is 1.75 bits per heavy atom. The van der Waals surface area contributed by atoms with Crippen molar-refractivity contribution in [1.29, 1.82) is 0 Å². The number of aliphatic hydroxyl groups is 3. The van der Waals surface area contributed by atoms with E-state index in [0.29, 0.717) is 0 Å². The first-order valence-corrected chi connectivity index (χ1v) is 3.23. The van der Waals surface area contributed by atoms with E-state index in [1.54, 1.807) is 0 Å². The van der Waals surface area contributed by atoms with Crippen LogP contribution in [0.25, 0.3) is 0 Å². The topological polar surface area (TPSA) is 115 Å². The zero-order valence-corrected chi connectivity index (χ0v) is 6.17. The van der Waals surface area contributed by atoms with E-state index in [4.69, 9.17) is 20.4 Å². The van der Waals surface area contributed by atoms with Crippen LogP contribution in [0.15, 0.2) is 0 Å². The summed E-state index contributed by atoms with van der Waals surface area (Å²) in [7, 11) is 0. The first-order chi connectivity index (χ1) is 5.49. The summed E-state index contributed by atoms with van der Waals surface area (Å²) in [5.74, 6) is -3.14. The van der Waals surface area contributed by atoms with Crippen molar-refractivity contribution in [2.24, 2.45) is 0 Å². The first-order valence-electron chi connectivity index (χ1n) is 3.23. The molecule has 0 radical (unpaired) electrons. The molecule has 4 N–H and O–H groups in total. The standard InChI is InChI=1S/C6H10O6/c7-2-3(8)1-4(9)5(10)6(11)12/h3-4,7-9H,1-2H2,(H,11,12)/t3-,4-/m1/s1. The molecule has 2 atom stereocenters. The Morgan fingerprint density at radius 3 is 2.08 bits per heavy atom. The van der Waals surface area contributed by atoms with E-state index < -0.39 is 37.0 Å². The van der Waals surface area contributed by atoms with E-state index in [1.165, 1.54) is 0 Å². The second-order valence-electron chi connectivity index (χ2n) is 2.26. The van der Waals surface area contributed by atoms with Crippen LogP contribution in [0.1, 0.15) is 6.42 Å². The van der Waals surface area contributed by atoms with Gasteiger partial charge in [0, 0.05) is 6.42 Å². The van der Waals surface area contributed by atoms with Gasteiger partial charge in [0.2, 0.25) is 0 Å². The third kappa shape index (κ3) is 3.42. The molecular weight excluding hydrogens is 168 g/mol. The largest absolute Gasteiger partial charge is 0.475 e. The molecule has 0 fully saturated rings. The van der Waals surface area contributed by atoms with Crippen LogP contribution < -0.4 is 0 Å². The van der Waals surface area contributed by atoms with E-state index in [1.807, 2.05) is 0 Å². The van der Waals surface area contributed by atoms with Crippen molar-refractivity contribution >= 4 is 11.8 Å². The number of carbonyl (C=O) groups excluding carboxylic acids is 1. The third-order valence-corrected chi connectivity index (χ3v) is 1.22. The molecule has 6 nitrogen and oxygen atoms in total. The minimum atomic E-state index is -1.76. The minimum Gasteiger partial charge on any atom is -0.475 e. The molecule has 0 spiro atoms. The summed E-state index contributed by atoms with van der Waals surface area (Å²) in [6.07, 6.45) is -3.50. The number of aliphatic hydroxyl groups excluding tert-OH is 3. The number of carbonyl (C=O) groups is 2. The Kier molecular flexibility index (Phi) is 4.42. The van der Waals surface area contributed by atoms with Crippen LogP contribution in [0.5, 0.6) is 0 Å². The molecule has 0 saturated heterocycles. The van der Waals surface area contributed by atoms with Gasteiger partial charge < -0.3 is 20.4 Å². The Morgan fingerprint density at radius 1 is 1.25 bits per heavy atom. The fraction of sp³-hybridized carbons (Fsp3) is 0.667. The summed E-state index contributed by atoms with van der Waals surface area (Å²) in [6, 6.07) is 0. The smallest absolute Gasteiger partial charge is 0.374 e. The quantitative estimate of drug-likeness (QED) is 0.353. The van der Waals surface area contributed by atoms with Gasteiger partial charge in [-0.05, 0) is 0 Å². The van der Waals surface area contributed by atoms with Gasteiger partial charge in [-0.2, -0.15) is 0 Å². The minimum absolute atomic E-state index is 0.471. The monoisotopic (exact) mass is 178 g/mol. The molecule has 0 unspecified atom stereocenters. The van der Waals surface area contributed by atoms with Gasteiger partial charge in [-0.1, -0.05) is 0 Å². The van der Waals surface area contributed by atoms with Gasteiger partial charge in [-0.25, -0.2) is 4.79 Å². The summed E-state index contributed by atoms with van der Waals surface area (Å²) < 4.78 is 0. The highest BCUT2D eigenvalue weighted by Gasteiger charge is 2.24. The average Bonchev–Trinajstić information content (AvgIpc) is 2.02. The molecule has 12 heavy (non-hydrogen) atoms. The fourth-order valence-corrected chi connectivity index (χ4v) is 0.582. The zero-order valence-electron chi connectivity index (χ0n) is 6.17. The number of ketones is 1. The Balaban J connectivity index is 3.95. The van der Waals surface area contributed by atoms with Crippen molar-refractivity contribution in [2.75, 3.05) is 6.61 Å². The first kappa shape index (κ1) is 11.0. The van der Waals surface area contributed by atoms with E-state index >= 15 is 0 Å². The predicted molar refractivity (Wildman–Crippen MR) is 36.4 cm³/mol. The predicted octanol–water partition coefficient (Wildman–Crippen LogP) is -2.26. The lowest BCUT2D eigenvalue weighted by Gasteiger charge is -2.09. The SMILES string of the molecule is O=C(O)C(=O)[C@H](O)C[C@@H](O)CO. The summed E-state index contributed by atoms with van der Waals surface area (Å²) in [5.41, 5.74) is 0. The molecule has 6 heteroatoms. The van der Waals surface area contributed by atoms with Crippen molar-refractivity contribution in [2.45, 2.75) is 18.6 Å². The molecule has 0 aromatic carbocycles. The molecule has 0 rings (SSSR count). The number of hydrogen-bond donors (Lipinski definition) is 4. The summed E-state index contributed by atoms with van der Waals surface area (Å²) in [4.78, 5) is 20.4. The molecule has 0 heterocycles. The molecule has 70 valence electrons. The van der Waals surface area contributed by atoms with E-state index in [-0.39, 0.29) is 0 Å². The second-order valence-corrected chi connectivity index (χ2v) is 2.26. The molecule has 0 aliphatic heterocycles. The maximum Gasteiger partial charge on any atom is 0.374 e. The van der Waals surface area contributed by atoms with Gasteiger partial charge in [0.25, 0.3) is 5.78 Å². The van der Waals surface area contributed by atoms with E-state index in [9.17, 15) is 9.59 Å². The summed E-state index contributed by atoms with van der Waals surface area (Å²) in [5, 5.41) is 33.9. The third-order valence-electron chi connectivity index (χ3n) is 1.22. The van der Waals surface area contributed by atoms with Crippen LogP contribution in [-0.2, 0) is 9.59 Å². The van der Waals surface area contributed by atoms with Gasteiger partial charge in [0.1, 0.15) is 6.10 Å². The lowest BCUT2D eigenvalue weighted by molar-refractivity contribution is -0.154. The lowest BCUT2D eigenvalue weighted by Crippen LogP contribution is -2.32. The molecule has 0 aromatic heterocycles. The van der Waals surface area contributed by atoms with Crippen LogP contribution in [0.3, 0.4) is 0 Å². The average molecular weight is 178 g/mol. The number of carboxylic acids is 1. The van der Waals surface area contributed by atoms with Crippen molar-refractivity contribution in [3.63, 3.8) is 0 Å². The van der Waals surface area contributed by atoms with Gasteiger partial charge in [0.15, 0.2) is 0 Å². The molecule has 0 aromatic rings. The van der Waals surface area contributed by atoms with Crippen LogP contribution >= 0.6 is 0 Å². The number of rotatable bonds is 5. The summed E-state index contributed by atoms with van der Waals surface area (Å²) >= 11 is 0. The number of hydrogen-bond acceptors (Lipinski definition) is 5. The fourth-order valence-electron chi connectivity index (χ4n) is 0.582. The van der Waals surface area contributed by atoms with Crippen LogP contribution in [-0.4, -0.2) is 51.0 Å². The Bertz CT molecular complexity index is 177. The number of aliphatic carboxylic acids is 1. The highest BCUT2D eigenvalue weighted by molar-refractivity contribution is 6.34. The molecule has 0 aliphatic rings. The summed E-state index contributed by atoms with van der Waals surface area (Å²) in [6.45, 7) is -0.621. The highest BCUT2D eigenvalue weighted by atomic mass is 16.4. The maximum absolute atomic E-state index is 10.5. The molecule has 0 amide bonds. The van der Waals surface area contributed by atoms with Crippen molar-refractivity contribution in [1.82, 2.24) is 0 Å². The number of carboxylic acid groups (broad SMARTS) is 1. The van der Waals surface area contributed by atoms with Crippen LogP contribution in [0.2, 0.25) is 0 Å².